The molecule has 0 aliphatic carbocycles. The molecule has 3 amide bonds. The van der Waals surface area contributed by atoms with Gasteiger partial charge in [0.1, 0.15) is 11.1 Å². The van der Waals surface area contributed by atoms with Crippen molar-refractivity contribution < 1.29 is 34.4 Å². The average molecular weight is 601 g/mol. The van der Waals surface area contributed by atoms with Crippen molar-refractivity contribution in [3.63, 3.8) is 0 Å². The number of hydrogen-bond donors (Lipinski definition) is 7. The van der Waals surface area contributed by atoms with Crippen molar-refractivity contribution in [2.45, 2.75) is 89.8 Å². The van der Waals surface area contributed by atoms with Crippen molar-refractivity contribution in [1.29, 1.82) is 0 Å². The highest BCUT2D eigenvalue weighted by atomic mass is 16.6. The number of carbonyl (C=O) groups excluding carboxylic acids is 2. The summed E-state index contributed by atoms with van der Waals surface area (Å²) in [5.74, 6) is -0.931. The first-order valence-electron chi connectivity index (χ1n) is 14.6. The molecule has 2 aromatic rings. The van der Waals surface area contributed by atoms with Crippen LogP contribution in [0.4, 0.5) is 9.59 Å². The Morgan fingerprint density at radius 2 is 1.21 bits per heavy atom. The Labute approximate surface area is 254 Å². The summed E-state index contributed by atoms with van der Waals surface area (Å²) in [5.41, 5.74) is -0.356. The predicted molar refractivity (Wildman–Crippen MR) is 165 cm³/mol. The number of carbonyl (C=O) groups is 3. The van der Waals surface area contributed by atoms with E-state index in [0.717, 1.165) is 11.1 Å². The zero-order chi connectivity index (χ0) is 32.2. The Bertz CT molecular complexity index is 1160. The minimum absolute atomic E-state index is 0.00405. The zero-order valence-corrected chi connectivity index (χ0v) is 26.0. The third-order valence-corrected chi connectivity index (χ3v) is 7.24. The van der Waals surface area contributed by atoms with Crippen molar-refractivity contribution in [2.75, 3.05) is 13.1 Å². The Kier molecular flexibility index (Phi) is 13.4. The van der Waals surface area contributed by atoms with E-state index >= 15 is 0 Å². The summed E-state index contributed by atoms with van der Waals surface area (Å²) < 4.78 is 5.39. The summed E-state index contributed by atoms with van der Waals surface area (Å²) in [6, 6.07) is 17.3. The molecule has 2 unspecified atom stereocenters. The number of hydrogen-bond acceptors (Lipinski definition) is 7. The molecule has 5 atom stereocenters. The number of amides is 3. The van der Waals surface area contributed by atoms with Crippen LogP contribution in [-0.4, -0.2) is 81.9 Å². The van der Waals surface area contributed by atoms with Crippen molar-refractivity contribution in [3.8, 4) is 0 Å². The van der Waals surface area contributed by atoms with Gasteiger partial charge in [0, 0.05) is 13.1 Å². The number of carboxylic acid groups (broad SMARTS) is 1. The third kappa shape index (κ3) is 12.2. The van der Waals surface area contributed by atoms with Crippen LogP contribution in [0.15, 0.2) is 60.7 Å². The number of alkyl carbamates (subject to hydrolysis) is 1. The molecule has 0 spiro atoms. The Morgan fingerprint density at radius 1 is 0.767 bits per heavy atom. The van der Waals surface area contributed by atoms with E-state index in [1.54, 1.807) is 34.6 Å². The van der Waals surface area contributed by atoms with Crippen LogP contribution < -0.4 is 21.3 Å². The predicted octanol–water partition coefficient (Wildman–Crippen LogP) is 2.84. The fourth-order valence-electron chi connectivity index (χ4n) is 4.43. The lowest BCUT2D eigenvalue weighted by Crippen LogP contribution is -2.63. The van der Waals surface area contributed by atoms with E-state index in [1.807, 2.05) is 60.7 Å². The highest BCUT2D eigenvalue weighted by molar-refractivity contribution is 5.89. The van der Waals surface area contributed by atoms with Gasteiger partial charge in [0.25, 0.3) is 0 Å². The summed E-state index contributed by atoms with van der Waals surface area (Å²) in [5, 5.41) is 42.5. The highest BCUT2D eigenvalue weighted by Crippen LogP contribution is 2.18. The molecule has 43 heavy (non-hydrogen) atoms. The van der Waals surface area contributed by atoms with E-state index in [9.17, 15) is 29.7 Å². The number of aliphatic hydroxyl groups is 2. The summed E-state index contributed by atoms with van der Waals surface area (Å²) in [6.45, 7) is 10.3. The lowest BCUT2D eigenvalue weighted by molar-refractivity contribution is -0.130. The van der Waals surface area contributed by atoms with Gasteiger partial charge in [-0.15, -0.1) is 0 Å². The molecular weight excluding hydrogens is 552 g/mol. The summed E-state index contributed by atoms with van der Waals surface area (Å²) >= 11 is 0. The second-order valence-electron chi connectivity index (χ2n) is 12.3. The van der Waals surface area contributed by atoms with Crippen molar-refractivity contribution in [2.24, 2.45) is 5.92 Å². The van der Waals surface area contributed by atoms with Gasteiger partial charge in [0.05, 0.1) is 24.3 Å². The van der Waals surface area contributed by atoms with E-state index in [-0.39, 0.29) is 25.4 Å². The molecule has 0 bridgehead atoms. The molecule has 0 radical (unpaired) electrons. The molecular formula is C32H48N4O7. The van der Waals surface area contributed by atoms with Crippen LogP contribution in [0.2, 0.25) is 0 Å². The van der Waals surface area contributed by atoms with Crippen LogP contribution >= 0.6 is 0 Å². The van der Waals surface area contributed by atoms with Gasteiger partial charge >= 0.3 is 12.2 Å². The first-order chi connectivity index (χ1) is 20.1. The molecule has 0 heterocycles. The highest BCUT2D eigenvalue weighted by Gasteiger charge is 2.40. The summed E-state index contributed by atoms with van der Waals surface area (Å²) in [7, 11) is 0. The Morgan fingerprint density at radius 3 is 1.60 bits per heavy atom. The minimum atomic E-state index is -1.43. The van der Waals surface area contributed by atoms with Crippen molar-refractivity contribution in [3.05, 3.63) is 71.8 Å². The van der Waals surface area contributed by atoms with E-state index in [4.69, 9.17) is 4.74 Å². The van der Waals surface area contributed by atoms with Gasteiger partial charge in [0.2, 0.25) is 5.91 Å². The number of rotatable bonds is 15. The topological polar surface area (TPSA) is 169 Å². The van der Waals surface area contributed by atoms with Crippen molar-refractivity contribution in [1.82, 2.24) is 21.3 Å². The van der Waals surface area contributed by atoms with Gasteiger partial charge in [-0.3, -0.25) is 4.79 Å². The molecule has 11 heteroatoms. The Hall–Kier alpha value is -3.67. The zero-order valence-electron chi connectivity index (χ0n) is 26.0. The van der Waals surface area contributed by atoms with Gasteiger partial charge in [-0.1, -0.05) is 74.5 Å². The van der Waals surface area contributed by atoms with Crippen LogP contribution in [0, 0.1) is 5.92 Å². The van der Waals surface area contributed by atoms with Crippen molar-refractivity contribution >= 4 is 18.1 Å². The maximum absolute atomic E-state index is 13.3. The number of aliphatic hydroxyl groups excluding tert-OH is 2. The van der Waals surface area contributed by atoms with Gasteiger partial charge in [0.15, 0.2) is 0 Å². The molecule has 7 N–H and O–H groups in total. The van der Waals surface area contributed by atoms with E-state index in [1.165, 1.54) is 6.92 Å². The second kappa shape index (κ2) is 16.3. The van der Waals surface area contributed by atoms with Gasteiger partial charge in [-0.05, 0) is 57.6 Å². The fraction of sp³-hybridized carbons (Fsp3) is 0.531. The Balaban J connectivity index is 2.13. The molecule has 2 rings (SSSR count). The van der Waals surface area contributed by atoms with E-state index in [2.05, 4.69) is 21.3 Å². The SMILES string of the molecule is CC(C)[C@](C)(NC(=O)O)C(=O)NC(Cc1ccccc1)[C@H](O)CNCC(O)[C@H](Cc1ccccc1)NC(=O)OC(C)(C)C. The largest absolute Gasteiger partial charge is 0.465 e. The molecule has 0 aliphatic heterocycles. The maximum atomic E-state index is 13.3. The lowest BCUT2D eigenvalue weighted by atomic mass is 9.86. The molecule has 11 nitrogen and oxygen atoms in total. The molecule has 238 valence electrons. The minimum Gasteiger partial charge on any atom is -0.465 e. The molecule has 0 fully saturated rings. The lowest BCUT2D eigenvalue weighted by Gasteiger charge is -2.35. The average Bonchev–Trinajstić information content (AvgIpc) is 2.91. The summed E-state index contributed by atoms with van der Waals surface area (Å²) in [6.07, 6.45) is -3.47. The normalized spacial score (nSPS) is 15.8. The van der Waals surface area contributed by atoms with E-state index in [0.29, 0.717) is 6.42 Å². The second-order valence-corrected chi connectivity index (χ2v) is 12.3. The number of benzene rings is 2. The standard InChI is InChI=1S/C32H48N4O7/c1-21(2)32(6,36-29(40)41)28(39)34-24(17-22-13-9-7-10-14-22)26(37)19-33-20-27(38)25(18-23-15-11-8-12-16-23)35-30(42)43-31(3,4)5/h7-16,21,24-27,33,36-38H,17-20H2,1-6H3,(H,34,39)(H,35,42)(H,40,41)/t24?,25-,26+,27?,32-/m0/s1. The number of nitrogens with one attached hydrogen (secondary N) is 4. The molecule has 0 aromatic heterocycles. The molecule has 2 aromatic carbocycles. The maximum Gasteiger partial charge on any atom is 0.407 e. The van der Waals surface area contributed by atoms with Crippen LogP contribution in [0.1, 0.15) is 52.7 Å². The first kappa shape index (κ1) is 35.5. The van der Waals surface area contributed by atoms with Crippen LogP contribution in [0.3, 0.4) is 0 Å². The fourth-order valence-corrected chi connectivity index (χ4v) is 4.43. The monoisotopic (exact) mass is 600 g/mol. The van der Waals surface area contributed by atoms with Gasteiger partial charge in [-0.2, -0.15) is 0 Å². The quantitative estimate of drug-likeness (QED) is 0.164. The van der Waals surface area contributed by atoms with Crippen LogP contribution in [0.5, 0.6) is 0 Å². The first-order valence-corrected chi connectivity index (χ1v) is 14.6. The third-order valence-electron chi connectivity index (χ3n) is 7.24. The van der Waals surface area contributed by atoms with Gasteiger partial charge in [-0.25, -0.2) is 9.59 Å². The molecule has 0 saturated carbocycles. The molecule has 0 saturated heterocycles. The smallest absolute Gasteiger partial charge is 0.407 e. The summed E-state index contributed by atoms with van der Waals surface area (Å²) in [4.78, 5) is 37.3. The van der Waals surface area contributed by atoms with E-state index < -0.39 is 53.5 Å². The number of ether oxygens (including phenoxy) is 1. The molecule has 0 aliphatic rings. The van der Waals surface area contributed by atoms with Gasteiger partial charge < -0.3 is 41.3 Å². The van der Waals surface area contributed by atoms with Crippen LogP contribution in [0.25, 0.3) is 0 Å². The van der Waals surface area contributed by atoms with Crippen LogP contribution in [-0.2, 0) is 22.4 Å².